The Morgan fingerprint density at radius 1 is 0.750 bits per heavy atom. The maximum atomic E-state index is 10.3. The second-order valence-electron chi connectivity index (χ2n) is 5.73. The third kappa shape index (κ3) is 17.2. The minimum Gasteiger partial charge on any atom is -0.481 e. The smallest absolute Gasteiger partial charge is 0.303 e. The average molecular weight is 282 g/mol. The highest BCUT2D eigenvalue weighted by Crippen LogP contribution is 2.10. The molecule has 0 aromatic rings. The molecule has 0 atom stereocenters. The first-order valence-electron chi connectivity index (χ1n) is 8.64. The third-order valence-electron chi connectivity index (χ3n) is 3.65. The van der Waals surface area contributed by atoms with Gasteiger partial charge in [-0.2, -0.15) is 0 Å². The number of hydrogen-bond donors (Lipinski definition) is 1. The summed E-state index contributed by atoms with van der Waals surface area (Å²) in [7, 11) is 0. The molecule has 0 aromatic heterocycles. The van der Waals surface area contributed by atoms with Crippen LogP contribution in [0.15, 0.2) is 12.2 Å². The van der Waals surface area contributed by atoms with Crippen molar-refractivity contribution in [3.05, 3.63) is 12.2 Å². The van der Waals surface area contributed by atoms with Crippen LogP contribution >= 0.6 is 0 Å². The molecule has 0 bridgehead atoms. The van der Waals surface area contributed by atoms with E-state index in [0.717, 1.165) is 12.8 Å². The summed E-state index contributed by atoms with van der Waals surface area (Å²) in [5.74, 6) is -0.662. The SMILES string of the molecule is CCCCCCC/C=C/CCCCCCCCC(=O)O. The van der Waals surface area contributed by atoms with Crippen molar-refractivity contribution in [1.82, 2.24) is 0 Å². The van der Waals surface area contributed by atoms with Crippen molar-refractivity contribution in [1.29, 1.82) is 0 Å². The van der Waals surface area contributed by atoms with Gasteiger partial charge in [-0.25, -0.2) is 0 Å². The molecule has 0 heterocycles. The van der Waals surface area contributed by atoms with Gasteiger partial charge in [-0.05, 0) is 32.1 Å². The van der Waals surface area contributed by atoms with Crippen molar-refractivity contribution < 1.29 is 9.90 Å². The second kappa shape index (κ2) is 16.3. The number of unbranched alkanes of at least 4 members (excludes halogenated alkanes) is 11. The van der Waals surface area contributed by atoms with Crippen molar-refractivity contribution in [2.75, 3.05) is 0 Å². The molecule has 0 saturated heterocycles. The summed E-state index contributed by atoms with van der Waals surface area (Å²) < 4.78 is 0. The number of carboxylic acids is 1. The molecule has 0 fully saturated rings. The highest BCUT2D eigenvalue weighted by Gasteiger charge is 1.96. The quantitative estimate of drug-likeness (QED) is 0.291. The fraction of sp³-hybridized carbons (Fsp3) is 0.833. The van der Waals surface area contributed by atoms with Gasteiger partial charge in [0.2, 0.25) is 0 Å². The Morgan fingerprint density at radius 2 is 1.20 bits per heavy atom. The van der Waals surface area contributed by atoms with E-state index in [2.05, 4.69) is 19.1 Å². The summed E-state index contributed by atoms with van der Waals surface area (Å²) in [6.07, 6.45) is 21.2. The monoisotopic (exact) mass is 282 g/mol. The summed E-state index contributed by atoms with van der Waals surface area (Å²) in [6, 6.07) is 0. The molecule has 0 rings (SSSR count). The molecule has 0 aromatic carbocycles. The average Bonchev–Trinajstić information content (AvgIpc) is 2.43. The maximum absolute atomic E-state index is 10.3. The zero-order valence-corrected chi connectivity index (χ0v) is 13.4. The first-order chi connectivity index (χ1) is 9.77. The Morgan fingerprint density at radius 3 is 1.70 bits per heavy atom. The molecule has 0 spiro atoms. The van der Waals surface area contributed by atoms with Gasteiger partial charge in [0.1, 0.15) is 0 Å². The van der Waals surface area contributed by atoms with Gasteiger partial charge >= 0.3 is 5.97 Å². The first-order valence-corrected chi connectivity index (χ1v) is 8.64. The highest BCUT2D eigenvalue weighted by atomic mass is 16.4. The lowest BCUT2D eigenvalue weighted by molar-refractivity contribution is -0.137. The second-order valence-corrected chi connectivity index (χ2v) is 5.73. The van der Waals surface area contributed by atoms with Crippen LogP contribution in [0.25, 0.3) is 0 Å². The molecular formula is C18H34O2. The molecule has 0 aliphatic carbocycles. The van der Waals surface area contributed by atoms with Crippen molar-refractivity contribution in [3.8, 4) is 0 Å². The van der Waals surface area contributed by atoms with Crippen molar-refractivity contribution in [3.63, 3.8) is 0 Å². The number of aliphatic carboxylic acids is 1. The number of rotatable bonds is 15. The van der Waals surface area contributed by atoms with E-state index in [9.17, 15) is 4.79 Å². The Labute approximate surface area is 125 Å². The Kier molecular flexibility index (Phi) is 15.6. The summed E-state index contributed by atoms with van der Waals surface area (Å²) in [5, 5.41) is 8.51. The zero-order valence-electron chi connectivity index (χ0n) is 13.4. The normalized spacial score (nSPS) is 11.2. The van der Waals surface area contributed by atoms with Crippen LogP contribution in [0.5, 0.6) is 0 Å². The van der Waals surface area contributed by atoms with E-state index >= 15 is 0 Å². The van der Waals surface area contributed by atoms with Crippen LogP contribution < -0.4 is 0 Å². The van der Waals surface area contributed by atoms with Crippen LogP contribution in [0, 0.1) is 0 Å². The molecular weight excluding hydrogens is 248 g/mol. The van der Waals surface area contributed by atoms with Crippen LogP contribution in [0.3, 0.4) is 0 Å². The van der Waals surface area contributed by atoms with Crippen LogP contribution in [-0.4, -0.2) is 11.1 Å². The van der Waals surface area contributed by atoms with Gasteiger partial charge in [0.25, 0.3) is 0 Å². The van der Waals surface area contributed by atoms with Gasteiger partial charge in [-0.1, -0.05) is 70.4 Å². The zero-order chi connectivity index (χ0) is 14.9. The topological polar surface area (TPSA) is 37.3 Å². The van der Waals surface area contributed by atoms with Gasteiger partial charge in [0, 0.05) is 6.42 Å². The van der Waals surface area contributed by atoms with E-state index < -0.39 is 5.97 Å². The van der Waals surface area contributed by atoms with E-state index in [1.165, 1.54) is 70.6 Å². The van der Waals surface area contributed by atoms with Gasteiger partial charge in [0.15, 0.2) is 0 Å². The van der Waals surface area contributed by atoms with E-state index in [1.54, 1.807) is 0 Å². The number of carboxylic acid groups (broad SMARTS) is 1. The molecule has 118 valence electrons. The Bertz CT molecular complexity index is 234. The molecule has 2 nitrogen and oxygen atoms in total. The molecule has 20 heavy (non-hydrogen) atoms. The standard InChI is InChI=1S/C18H34O2/c1-2-3-4-5-6-7-8-9-10-11-12-13-14-15-16-17-18(19)20/h8-9H,2-7,10-17H2,1H3,(H,19,20)/b9-8+. The maximum Gasteiger partial charge on any atom is 0.303 e. The summed E-state index contributed by atoms with van der Waals surface area (Å²) in [5.41, 5.74) is 0. The molecule has 0 radical (unpaired) electrons. The minimum absolute atomic E-state index is 0.334. The lowest BCUT2D eigenvalue weighted by atomic mass is 10.1. The van der Waals surface area contributed by atoms with E-state index in [0.29, 0.717) is 6.42 Å². The Balaban J connectivity index is 3.06. The van der Waals surface area contributed by atoms with Crippen LogP contribution in [0.4, 0.5) is 0 Å². The predicted molar refractivity (Wildman–Crippen MR) is 87.1 cm³/mol. The molecule has 1 N–H and O–H groups in total. The van der Waals surface area contributed by atoms with Gasteiger partial charge in [0.05, 0.1) is 0 Å². The van der Waals surface area contributed by atoms with Gasteiger partial charge < -0.3 is 5.11 Å². The van der Waals surface area contributed by atoms with E-state index in [-0.39, 0.29) is 0 Å². The van der Waals surface area contributed by atoms with Crippen molar-refractivity contribution in [2.45, 2.75) is 96.8 Å². The summed E-state index contributed by atoms with van der Waals surface area (Å²) in [6.45, 7) is 2.26. The van der Waals surface area contributed by atoms with Crippen molar-refractivity contribution in [2.24, 2.45) is 0 Å². The highest BCUT2D eigenvalue weighted by molar-refractivity contribution is 5.66. The third-order valence-corrected chi connectivity index (χ3v) is 3.65. The predicted octanol–water partition coefficient (Wildman–Crippen LogP) is 6.11. The molecule has 0 aliphatic rings. The lowest BCUT2D eigenvalue weighted by Gasteiger charge is -1.99. The summed E-state index contributed by atoms with van der Waals surface area (Å²) in [4.78, 5) is 10.3. The van der Waals surface area contributed by atoms with Crippen LogP contribution in [-0.2, 0) is 4.79 Å². The number of allylic oxidation sites excluding steroid dienone is 2. The van der Waals surface area contributed by atoms with Gasteiger partial charge in [-0.3, -0.25) is 4.79 Å². The van der Waals surface area contributed by atoms with Gasteiger partial charge in [-0.15, -0.1) is 0 Å². The number of hydrogen-bond acceptors (Lipinski definition) is 1. The number of carbonyl (C=O) groups is 1. The summed E-state index contributed by atoms with van der Waals surface area (Å²) >= 11 is 0. The first kappa shape index (κ1) is 19.2. The fourth-order valence-corrected chi connectivity index (χ4v) is 2.35. The van der Waals surface area contributed by atoms with E-state index in [4.69, 9.17) is 5.11 Å². The van der Waals surface area contributed by atoms with Crippen molar-refractivity contribution >= 4 is 5.97 Å². The fourth-order valence-electron chi connectivity index (χ4n) is 2.35. The minimum atomic E-state index is -0.662. The largest absolute Gasteiger partial charge is 0.481 e. The Hall–Kier alpha value is -0.790. The lowest BCUT2D eigenvalue weighted by Crippen LogP contribution is -1.93. The van der Waals surface area contributed by atoms with E-state index in [1.807, 2.05) is 0 Å². The molecule has 0 aliphatic heterocycles. The molecule has 0 saturated carbocycles. The molecule has 0 unspecified atom stereocenters. The molecule has 2 heteroatoms. The molecule has 0 amide bonds. The van der Waals surface area contributed by atoms with Crippen LogP contribution in [0.2, 0.25) is 0 Å². The van der Waals surface area contributed by atoms with Crippen LogP contribution in [0.1, 0.15) is 96.8 Å².